The maximum atomic E-state index is 13.8. The van der Waals surface area contributed by atoms with Crippen LogP contribution in [-0.4, -0.2) is 111 Å². The molecule has 4 aromatic heterocycles. The summed E-state index contributed by atoms with van der Waals surface area (Å²) in [6.07, 6.45) is 38.2. The van der Waals surface area contributed by atoms with Crippen molar-refractivity contribution in [3.05, 3.63) is 203 Å². The summed E-state index contributed by atoms with van der Waals surface area (Å²) < 4.78 is 21.1. The first-order valence-corrected chi connectivity index (χ1v) is 50.8. The van der Waals surface area contributed by atoms with Crippen LogP contribution in [0.1, 0.15) is 231 Å². The van der Waals surface area contributed by atoms with Crippen molar-refractivity contribution in [3.63, 3.8) is 0 Å². The molecule has 2 aliphatic heterocycles. The quantitative estimate of drug-likeness (QED) is 0.0211. The van der Waals surface area contributed by atoms with Gasteiger partial charge in [0.1, 0.15) is 39.9 Å². The number of fused-ring (bicyclic) bond motifs is 13. The van der Waals surface area contributed by atoms with Crippen molar-refractivity contribution >= 4 is 78.4 Å². The molecule has 9 unspecified atom stereocenters. The van der Waals surface area contributed by atoms with Crippen molar-refractivity contribution in [2.45, 2.75) is 246 Å². The van der Waals surface area contributed by atoms with Gasteiger partial charge in [0.2, 0.25) is 5.91 Å². The maximum Gasteiger partial charge on any atom is 0.535 e. The minimum atomic E-state index is -0.816. The number of Topliss-reactive ketones (excluding diaryl/α,β-unsaturated/α-hetero) is 1. The average Bonchev–Trinajstić information content (AvgIpc) is 1.52. The molecule has 2 amide bonds. The first-order valence-electron chi connectivity index (χ1n) is 48.5. The molecule has 1 saturated heterocycles. The molecular formula is C107H141N9O9S2. The third kappa shape index (κ3) is 18.5. The van der Waals surface area contributed by atoms with Crippen molar-refractivity contribution in [3.8, 4) is 11.5 Å². The number of hydrazine groups is 1. The van der Waals surface area contributed by atoms with Crippen molar-refractivity contribution in [1.82, 2.24) is 45.9 Å². The summed E-state index contributed by atoms with van der Waals surface area (Å²) in [5.74, 6) is 11.9. The molecule has 9 aromatic rings. The molecule has 127 heavy (non-hydrogen) atoms. The lowest BCUT2D eigenvalue weighted by molar-refractivity contribution is -0.150. The largest absolute Gasteiger partial charge is 0.535 e. The van der Waals surface area contributed by atoms with Gasteiger partial charge in [-0.3, -0.25) is 24.8 Å². The van der Waals surface area contributed by atoms with E-state index in [1.807, 2.05) is 71.9 Å². The van der Waals surface area contributed by atoms with Gasteiger partial charge in [-0.1, -0.05) is 189 Å². The number of methoxy groups -OCH3 is 2. The molecule has 2 spiro atoms. The van der Waals surface area contributed by atoms with Gasteiger partial charge in [-0.2, -0.15) is 0 Å². The maximum absolute atomic E-state index is 13.8. The van der Waals surface area contributed by atoms with E-state index in [4.69, 9.17) is 23.8 Å². The summed E-state index contributed by atoms with van der Waals surface area (Å²) in [6, 6.07) is 44.2. The number of benzene rings is 5. The van der Waals surface area contributed by atoms with Gasteiger partial charge in [-0.05, 0) is 341 Å². The molecule has 5 saturated carbocycles. The fourth-order valence-corrected chi connectivity index (χ4v) is 28.5. The number of ether oxygens (including phenoxy) is 4. The molecule has 12 aliphatic rings. The number of nitrogens with zero attached hydrogens (tertiary/aromatic N) is 5. The fourth-order valence-electron chi connectivity index (χ4n) is 26.8. The number of ketones is 1. The third-order valence-corrected chi connectivity index (χ3v) is 34.8. The second-order valence-corrected chi connectivity index (χ2v) is 41.1. The van der Waals surface area contributed by atoms with E-state index in [9.17, 15) is 19.2 Å². The zero-order valence-electron chi connectivity index (χ0n) is 78.0. The number of aromatic nitrogens is 6. The van der Waals surface area contributed by atoms with Crippen LogP contribution < -0.4 is 25.2 Å². The molecule has 19 atom stereocenters. The third-order valence-electron chi connectivity index (χ3n) is 32.6. The number of allylic oxidation sites excluding steroid dienone is 2. The van der Waals surface area contributed by atoms with E-state index in [-0.39, 0.29) is 46.5 Å². The van der Waals surface area contributed by atoms with Gasteiger partial charge < -0.3 is 28.9 Å². The van der Waals surface area contributed by atoms with E-state index in [1.165, 1.54) is 182 Å². The zero-order chi connectivity index (χ0) is 89.3. The molecule has 21 rings (SSSR count). The predicted octanol–water partition coefficient (Wildman–Crippen LogP) is 23.6. The van der Waals surface area contributed by atoms with Gasteiger partial charge in [-0.25, -0.2) is 20.0 Å². The molecule has 680 valence electrons. The minimum Gasteiger partial charge on any atom is -0.497 e. The summed E-state index contributed by atoms with van der Waals surface area (Å²) in [7, 11) is 6.52. The van der Waals surface area contributed by atoms with Crippen LogP contribution in [0.4, 0.5) is 9.59 Å². The van der Waals surface area contributed by atoms with Gasteiger partial charge >= 0.3 is 12.2 Å². The Hall–Kier alpha value is -8.85. The van der Waals surface area contributed by atoms with Crippen LogP contribution in [0.5, 0.6) is 11.5 Å². The number of hydrogen-bond donors (Lipinski definition) is 4. The first kappa shape index (κ1) is 92.9. The van der Waals surface area contributed by atoms with Crippen LogP contribution in [0, 0.1) is 93.7 Å². The summed E-state index contributed by atoms with van der Waals surface area (Å²) in [4.78, 5) is 70.8. The first-order chi connectivity index (χ1) is 61.8. The van der Waals surface area contributed by atoms with E-state index >= 15 is 0 Å². The van der Waals surface area contributed by atoms with E-state index in [2.05, 4.69) is 192 Å². The number of nitrogens with one attached hydrogen (secondary N) is 4. The number of rotatable bonds is 13. The fraction of sp³-hybridized carbons (Fsp3) is 0.561. The molecule has 5 aromatic carbocycles. The molecule has 6 heterocycles. The monoisotopic (exact) mass is 1760 g/mol. The lowest BCUT2D eigenvalue weighted by Crippen LogP contribution is -2.67. The number of hydrogen-bond acceptors (Lipinski definition) is 15. The number of H-pyrrole nitrogens is 2. The summed E-state index contributed by atoms with van der Waals surface area (Å²) in [6.45, 7) is 28.1. The van der Waals surface area contributed by atoms with Gasteiger partial charge in [0.25, 0.3) is 0 Å². The Morgan fingerprint density at radius 3 is 1.80 bits per heavy atom. The van der Waals surface area contributed by atoms with Gasteiger partial charge in [0.15, 0.2) is 0 Å². The van der Waals surface area contributed by atoms with Crippen molar-refractivity contribution < 1.29 is 43.0 Å². The number of carbonyl (C=O) groups excluding carboxylic acids is 4. The number of pyridine rings is 1. The van der Waals surface area contributed by atoms with Crippen LogP contribution in [0.2, 0.25) is 0 Å². The summed E-state index contributed by atoms with van der Waals surface area (Å²) in [5, 5.41) is 11.5. The minimum absolute atomic E-state index is 0.0850. The van der Waals surface area contributed by atoms with Crippen LogP contribution in [0.25, 0.3) is 32.8 Å². The second-order valence-electron chi connectivity index (χ2n) is 38.7. The Morgan fingerprint density at radius 2 is 1.19 bits per heavy atom. The summed E-state index contributed by atoms with van der Waals surface area (Å²) in [5.41, 5.74) is 20.3. The smallest absolute Gasteiger partial charge is 0.497 e. The van der Waals surface area contributed by atoms with E-state index in [1.54, 1.807) is 54.5 Å². The number of carbonyl (C=O) groups is 4. The number of aryl methyl sites for hydroxylation is 4. The Labute approximate surface area is 762 Å². The highest BCUT2D eigenvalue weighted by Gasteiger charge is 2.72. The number of amides is 2. The topological polar surface area (TPSA) is 217 Å². The highest BCUT2D eigenvalue weighted by atomic mass is 33.1. The van der Waals surface area contributed by atoms with Crippen molar-refractivity contribution in [2.24, 2.45) is 93.7 Å². The SMILES string of the molecule is CC.CC.CCCOC(=O)NNC(=O)[C@@]1(C)[C@H](C)C2C=CCN3CCC4(c5ccc(OC)cc5C[C@H]41)C23.CC[C@H]1CC2CCc3c([nH]c4ccccc34)CC[C@H](C2)C1.COc1ccc2c(c1)C[C@@H]1C23CCC2CC=CC(C23)[C@@H](C)[C@]1(C)C(C)=O.C[C@H]1CC2CCc3c([nH]c4ccccc34)CC[C@H](C2)C1.O=C(OCCSSc1ccccn1)On1nnc2ccccc21. The Morgan fingerprint density at radius 1 is 0.606 bits per heavy atom. The van der Waals surface area contributed by atoms with E-state index in [0.717, 1.165) is 102 Å². The highest BCUT2D eigenvalue weighted by Crippen LogP contribution is 2.73. The van der Waals surface area contributed by atoms with Gasteiger partial charge in [-0.15, -0.1) is 5.10 Å². The lowest BCUT2D eigenvalue weighted by atomic mass is 9.43. The van der Waals surface area contributed by atoms with Crippen LogP contribution in [0.3, 0.4) is 0 Å². The standard InChI is InChI=1S/C26H35N3O4.C24H30O2.C20H27N.C19H25N.C14H12N4O3S2.2C2H6/c1-5-13-33-24(31)28-27-23(30)25(3)16(2)19-7-6-11-29-12-10-26(22(19)29)20-9-8-18(32-4)14-17(20)15-21(25)26;1-14-19-7-5-6-16-10-11-24(22(16)19)20-9-8-18(26-4)12-17(20)13-21(24)23(14,3)15(2)25;1-2-14-11-15-7-9-18-17-5-3-4-6-19(17)21-20(18)10-8-16(12-14)13-15;1-13-10-14-6-8-17-16-4-2-3-5-18(16)20-19(17)9-7-15(11-13)12-14;19-14(20-9-10-22-23-13-7-3-4-8-15-13)21-18-12-6-2-1-5-11(12)16-17-18;2*1-2/h6-9,14,16,19,21-22H,5,10-13,15H2,1-4H3,(H,27,30)(H,28,31);5,7-9,12,14,16,19,21-22H,6,10-11,13H2,1-4H3;3-6,14-16,21H,2,7-13H2,1H3;2-5,13-15,20H,6-12H2,1H3;1-8H,9-10H2;2*1-2H3/t16-,19?,21+,22?,25+,26?;14-,16?,19?,21+,22?,23-,24?;14-,15?,16-;13-,14?,15-;;;/m1100.../s1. The van der Waals surface area contributed by atoms with Crippen molar-refractivity contribution in [1.29, 1.82) is 0 Å². The Kier molecular flexibility index (Phi) is 30.0. The zero-order valence-corrected chi connectivity index (χ0v) is 79.6. The molecular weight excluding hydrogens is 1620 g/mol. The number of aromatic amines is 2. The van der Waals surface area contributed by atoms with Gasteiger partial charge in [0.05, 0.1) is 26.2 Å². The van der Waals surface area contributed by atoms with Gasteiger partial charge in [0, 0.05) is 74.0 Å². The second kappa shape index (κ2) is 41.1. The number of para-hydroxylation sites is 3. The Balaban J connectivity index is 0.000000122. The van der Waals surface area contributed by atoms with Crippen LogP contribution >= 0.6 is 21.6 Å². The molecule has 0 radical (unpaired) electrons. The predicted molar refractivity (Wildman–Crippen MR) is 513 cm³/mol. The van der Waals surface area contributed by atoms with Crippen molar-refractivity contribution in [2.75, 3.05) is 46.3 Å². The van der Waals surface area contributed by atoms with Crippen LogP contribution in [0.15, 0.2) is 163 Å². The molecule has 10 aliphatic carbocycles. The normalized spacial score (nSPS) is 30.2. The lowest BCUT2D eigenvalue weighted by Gasteiger charge is -2.59. The molecule has 6 fully saturated rings. The average molecular weight is 1760 g/mol. The molecule has 4 bridgehead atoms. The van der Waals surface area contributed by atoms with E-state index in [0.29, 0.717) is 58.9 Å². The molecule has 20 heteroatoms. The molecule has 18 nitrogen and oxygen atoms in total. The van der Waals surface area contributed by atoms with Crippen LogP contribution in [-0.2, 0) is 68.4 Å². The highest BCUT2D eigenvalue weighted by molar-refractivity contribution is 8.76. The Bertz CT molecular complexity index is 5330. The van der Waals surface area contributed by atoms with E-state index < -0.39 is 17.7 Å². The molecule has 4 N–H and O–H groups in total. The summed E-state index contributed by atoms with van der Waals surface area (Å²) >= 11 is 0.